The normalized spacial score (nSPS) is 60.7. The van der Waals surface area contributed by atoms with Crippen molar-refractivity contribution in [2.45, 2.75) is 57.5 Å². The second-order valence-corrected chi connectivity index (χ2v) is 10.6. The fourth-order valence-corrected chi connectivity index (χ4v) is 9.48. The molecule has 0 amide bonds. The van der Waals surface area contributed by atoms with Crippen molar-refractivity contribution in [3.63, 3.8) is 0 Å². The predicted octanol–water partition coefficient (Wildman–Crippen LogP) is 4.56. The molecule has 0 bridgehead atoms. The predicted molar refractivity (Wildman–Crippen MR) is 99.3 cm³/mol. The zero-order chi connectivity index (χ0) is 17.3. The highest BCUT2D eigenvalue weighted by molar-refractivity contribution is 5.91. The molecular formula is C24H30O2. The molecule has 0 aromatic carbocycles. The molecule has 5 saturated carbocycles. The van der Waals surface area contributed by atoms with Crippen molar-refractivity contribution in [3.05, 3.63) is 23.8 Å². The Kier molecular flexibility index (Phi) is 2.65. The van der Waals surface area contributed by atoms with E-state index >= 15 is 0 Å². The van der Waals surface area contributed by atoms with E-state index in [-0.39, 0.29) is 5.60 Å². The van der Waals surface area contributed by atoms with Crippen molar-refractivity contribution in [2.75, 3.05) is 6.61 Å². The van der Waals surface area contributed by atoms with E-state index < -0.39 is 0 Å². The van der Waals surface area contributed by atoms with Crippen LogP contribution in [-0.4, -0.2) is 18.0 Å². The lowest BCUT2D eigenvalue weighted by Gasteiger charge is -2.58. The smallest absolute Gasteiger partial charge is 0.155 e. The minimum Gasteiger partial charge on any atom is -0.366 e. The van der Waals surface area contributed by atoms with E-state index in [1.165, 1.54) is 32.1 Å². The summed E-state index contributed by atoms with van der Waals surface area (Å²) >= 11 is 0. The summed E-state index contributed by atoms with van der Waals surface area (Å²) in [7, 11) is 0. The van der Waals surface area contributed by atoms with Crippen LogP contribution in [0.4, 0.5) is 0 Å². The highest BCUT2D eigenvalue weighted by atomic mass is 16.5. The zero-order valence-electron chi connectivity index (χ0n) is 15.8. The second kappa shape index (κ2) is 4.57. The lowest BCUT2D eigenvalue weighted by molar-refractivity contribution is -0.145. The molecule has 0 unspecified atom stereocenters. The van der Waals surface area contributed by atoms with E-state index in [1.807, 2.05) is 0 Å². The summed E-state index contributed by atoms with van der Waals surface area (Å²) < 4.78 is 6.60. The van der Waals surface area contributed by atoms with Crippen molar-refractivity contribution >= 4 is 5.78 Å². The molecule has 138 valence electrons. The van der Waals surface area contributed by atoms with E-state index in [9.17, 15) is 4.79 Å². The van der Waals surface area contributed by atoms with Gasteiger partial charge in [-0.05, 0) is 91.9 Å². The van der Waals surface area contributed by atoms with Gasteiger partial charge in [-0.3, -0.25) is 4.79 Å². The lowest BCUT2D eigenvalue weighted by atomic mass is 9.48. The van der Waals surface area contributed by atoms with Gasteiger partial charge >= 0.3 is 0 Å². The number of carbonyl (C=O) groups is 1. The number of hydrogen-bond donors (Lipinski definition) is 0. The summed E-state index contributed by atoms with van der Waals surface area (Å²) in [6, 6.07) is 0. The van der Waals surface area contributed by atoms with Crippen molar-refractivity contribution in [3.8, 4) is 0 Å². The summed E-state index contributed by atoms with van der Waals surface area (Å²) in [5, 5.41) is 0. The maximum Gasteiger partial charge on any atom is 0.155 e. The third-order valence-corrected chi connectivity index (χ3v) is 10.3. The van der Waals surface area contributed by atoms with Gasteiger partial charge in [0.2, 0.25) is 0 Å². The van der Waals surface area contributed by atoms with E-state index in [2.05, 4.69) is 25.2 Å². The van der Waals surface area contributed by atoms with Crippen molar-refractivity contribution in [1.82, 2.24) is 0 Å². The van der Waals surface area contributed by atoms with Crippen molar-refractivity contribution < 1.29 is 9.53 Å². The molecule has 26 heavy (non-hydrogen) atoms. The highest BCUT2D eigenvalue weighted by Gasteiger charge is 2.79. The first kappa shape index (κ1) is 15.1. The third kappa shape index (κ3) is 1.49. The molecule has 1 heterocycles. The molecular weight excluding hydrogens is 320 g/mol. The number of allylic oxidation sites excluding steroid dienone is 1. The molecule has 5 fully saturated rings. The van der Waals surface area contributed by atoms with Crippen molar-refractivity contribution in [2.24, 2.45) is 52.8 Å². The number of ketones is 1. The van der Waals surface area contributed by atoms with Crippen LogP contribution < -0.4 is 0 Å². The summed E-state index contributed by atoms with van der Waals surface area (Å²) in [6.45, 7) is 3.29. The SMILES string of the molecule is CC[C@]12CC[C@H]3[C@@H]([C@H]4C[C@H]4C4=CC(=O)CC[C@@H]43)[C@@H]1[C@@H]1C[C@@H]1[C@@]21C=CCO1. The van der Waals surface area contributed by atoms with Crippen LogP contribution in [0, 0.1) is 52.8 Å². The maximum absolute atomic E-state index is 12.0. The van der Waals surface area contributed by atoms with E-state index in [0.29, 0.717) is 11.2 Å². The summed E-state index contributed by atoms with van der Waals surface area (Å²) in [6.07, 6.45) is 15.7. The molecule has 0 aromatic rings. The van der Waals surface area contributed by atoms with Gasteiger partial charge in [0, 0.05) is 11.8 Å². The third-order valence-electron chi connectivity index (χ3n) is 10.3. The molecule has 7 rings (SSSR count). The minimum absolute atomic E-state index is 0.0884. The number of ether oxygens (including phenoxy) is 1. The Labute approximate surface area is 156 Å². The summed E-state index contributed by atoms with van der Waals surface area (Å²) in [4.78, 5) is 12.0. The highest BCUT2D eigenvalue weighted by Crippen LogP contribution is 2.81. The van der Waals surface area contributed by atoms with Gasteiger partial charge in [-0.1, -0.05) is 24.6 Å². The second-order valence-electron chi connectivity index (χ2n) is 10.6. The molecule has 0 N–H and O–H groups in total. The van der Waals surface area contributed by atoms with Gasteiger partial charge < -0.3 is 4.74 Å². The van der Waals surface area contributed by atoms with Crippen LogP contribution in [-0.2, 0) is 9.53 Å². The average molecular weight is 351 g/mol. The molecule has 1 spiro atoms. The molecule has 0 aromatic heterocycles. The largest absolute Gasteiger partial charge is 0.366 e. The lowest BCUT2D eigenvalue weighted by Crippen LogP contribution is -2.56. The monoisotopic (exact) mass is 350 g/mol. The summed E-state index contributed by atoms with van der Waals surface area (Å²) in [5.74, 6) is 7.25. The van der Waals surface area contributed by atoms with Gasteiger partial charge in [0.15, 0.2) is 5.78 Å². The molecule has 0 radical (unpaired) electrons. The number of carbonyl (C=O) groups excluding carboxylic acids is 1. The summed E-state index contributed by atoms with van der Waals surface area (Å²) in [5.41, 5.74) is 2.09. The topological polar surface area (TPSA) is 26.3 Å². The van der Waals surface area contributed by atoms with Crippen LogP contribution in [0.2, 0.25) is 0 Å². The Balaban J connectivity index is 1.34. The van der Waals surface area contributed by atoms with Crippen LogP contribution in [0.1, 0.15) is 51.9 Å². The van der Waals surface area contributed by atoms with Gasteiger partial charge in [0.05, 0.1) is 12.2 Å². The first-order valence-electron chi connectivity index (χ1n) is 11.3. The fourth-order valence-electron chi connectivity index (χ4n) is 9.48. The standard InChI is InChI=1S/C24H30O2/c1-2-23-8-6-15-14-5-4-13(25)10-16(14)17-11-18(17)21(15)22(23)19-12-20(19)24(23)7-3-9-26-24/h3,7,10,14-15,17-22H,2,4-6,8-9,11-12H2,1H3/t14-,15-,17+,18+,19-,20+,21+,22+,23+,24+/m1/s1. The molecule has 10 atom stereocenters. The van der Waals surface area contributed by atoms with Crippen molar-refractivity contribution in [1.29, 1.82) is 0 Å². The Morgan fingerprint density at radius 2 is 2.08 bits per heavy atom. The fraction of sp³-hybridized carbons (Fsp3) is 0.792. The Bertz CT molecular complexity index is 764. The van der Waals surface area contributed by atoms with Crippen LogP contribution in [0.25, 0.3) is 0 Å². The number of fused-ring (bicyclic) bond motifs is 12. The van der Waals surface area contributed by atoms with E-state index in [1.54, 1.807) is 5.57 Å². The van der Waals surface area contributed by atoms with Gasteiger partial charge in [0.25, 0.3) is 0 Å². The molecule has 7 aliphatic rings. The minimum atomic E-state index is 0.0884. The molecule has 1 aliphatic heterocycles. The van der Waals surface area contributed by atoms with Crippen LogP contribution >= 0.6 is 0 Å². The van der Waals surface area contributed by atoms with Gasteiger partial charge in [-0.2, -0.15) is 0 Å². The Morgan fingerprint density at radius 3 is 2.88 bits per heavy atom. The molecule has 2 nitrogen and oxygen atoms in total. The van der Waals surface area contributed by atoms with Gasteiger partial charge in [0.1, 0.15) is 0 Å². The maximum atomic E-state index is 12.0. The van der Waals surface area contributed by atoms with E-state index in [0.717, 1.165) is 66.8 Å². The first-order chi connectivity index (χ1) is 12.7. The zero-order valence-corrected chi connectivity index (χ0v) is 15.8. The number of rotatable bonds is 1. The first-order valence-corrected chi connectivity index (χ1v) is 11.3. The van der Waals surface area contributed by atoms with Gasteiger partial charge in [-0.15, -0.1) is 0 Å². The average Bonchev–Trinajstić information content (AvgIpc) is 3.56. The molecule has 2 heteroatoms. The quantitative estimate of drug-likeness (QED) is 0.648. The van der Waals surface area contributed by atoms with E-state index in [4.69, 9.17) is 4.74 Å². The molecule has 6 aliphatic carbocycles. The Hall–Kier alpha value is -0.890. The van der Waals surface area contributed by atoms with Crippen LogP contribution in [0.15, 0.2) is 23.8 Å². The molecule has 0 saturated heterocycles. The van der Waals surface area contributed by atoms with Crippen LogP contribution in [0.5, 0.6) is 0 Å². The van der Waals surface area contributed by atoms with Crippen LogP contribution in [0.3, 0.4) is 0 Å². The Morgan fingerprint density at radius 1 is 1.15 bits per heavy atom. The number of hydrogen-bond acceptors (Lipinski definition) is 2. The van der Waals surface area contributed by atoms with Gasteiger partial charge in [-0.25, -0.2) is 0 Å².